The third-order valence-corrected chi connectivity index (χ3v) is 5.47. The molecule has 1 aromatic heterocycles. The van der Waals surface area contributed by atoms with Crippen molar-refractivity contribution in [2.75, 3.05) is 6.54 Å². The van der Waals surface area contributed by atoms with Gasteiger partial charge in [0, 0.05) is 28.3 Å². The molecule has 1 aliphatic heterocycles. The van der Waals surface area contributed by atoms with E-state index < -0.39 is 0 Å². The van der Waals surface area contributed by atoms with Crippen molar-refractivity contribution in [3.05, 3.63) is 46.3 Å². The van der Waals surface area contributed by atoms with E-state index in [-0.39, 0.29) is 0 Å². The number of thiophene rings is 1. The first-order valence-corrected chi connectivity index (χ1v) is 7.49. The first-order valence-electron chi connectivity index (χ1n) is 6.68. The maximum Gasteiger partial charge on any atom is 0.0349 e. The number of fused-ring (bicyclic) bond motifs is 2. The van der Waals surface area contributed by atoms with Crippen LogP contribution in [-0.4, -0.2) is 6.54 Å². The predicted molar refractivity (Wildman–Crippen MR) is 77.1 cm³/mol. The minimum atomic E-state index is 0.506. The van der Waals surface area contributed by atoms with E-state index in [0.717, 1.165) is 6.54 Å². The summed E-state index contributed by atoms with van der Waals surface area (Å²) < 4.78 is 0. The zero-order valence-corrected chi connectivity index (χ0v) is 11.4. The molecule has 2 heteroatoms. The second-order valence-corrected chi connectivity index (χ2v) is 6.84. The molecular formula is C16H17NS. The molecule has 4 rings (SSSR count). The highest BCUT2D eigenvalue weighted by Gasteiger charge is 2.47. The average molecular weight is 255 g/mol. The van der Waals surface area contributed by atoms with Gasteiger partial charge < -0.3 is 5.32 Å². The lowest BCUT2D eigenvalue weighted by atomic mass is 9.93. The molecule has 2 aromatic rings. The Kier molecular flexibility index (Phi) is 2.21. The van der Waals surface area contributed by atoms with Gasteiger partial charge in [-0.1, -0.05) is 29.8 Å². The molecule has 1 aliphatic carbocycles. The Morgan fingerprint density at radius 2 is 2.11 bits per heavy atom. The van der Waals surface area contributed by atoms with E-state index in [4.69, 9.17) is 0 Å². The van der Waals surface area contributed by atoms with E-state index >= 15 is 0 Å². The SMILES string of the molecule is Cc1cccc(-c2cc3c(s2)CNCC32CC2)c1. The zero-order valence-electron chi connectivity index (χ0n) is 10.6. The van der Waals surface area contributed by atoms with Crippen molar-refractivity contribution in [2.45, 2.75) is 31.7 Å². The number of hydrogen-bond acceptors (Lipinski definition) is 2. The van der Waals surface area contributed by atoms with Crippen molar-refractivity contribution in [3.63, 3.8) is 0 Å². The molecule has 1 aromatic carbocycles. The van der Waals surface area contributed by atoms with Crippen LogP contribution < -0.4 is 5.32 Å². The first-order chi connectivity index (χ1) is 8.77. The second-order valence-electron chi connectivity index (χ2n) is 5.70. The lowest BCUT2D eigenvalue weighted by molar-refractivity contribution is 0.539. The monoisotopic (exact) mass is 255 g/mol. The van der Waals surface area contributed by atoms with Gasteiger partial charge in [0.15, 0.2) is 0 Å². The van der Waals surface area contributed by atoms with Gasteiger partial charge in [0.1, 0.15) is 0 Å². The molecule has 0 amide bonds. The Morgan fingerprint density at radius 1 is 1.22 bits per heavy atom. The lowest BCUT2D eigenvalue weighted by Gasteiger charge is -2.22. The molecular weight excluding hydrogens is 238 g/mol. The van der Waals surface area contributed by atoms with Gasteiger partial charge in [0.05, 0.1) is 0 Å². The summed E-state index contributed by atoms with van der Waals surface area (Å²) in [5.74, 6) is 0. The highest BCUT2D eigenvalue weighted by Crippen LogP contribution is 2.53. The van der Waals surface area contributed by atoms with Gasteiger partial charge in [0.25, 0.3) is 0 Å². The zero-order chi connectivity index (χ0) is 12.2. The van der Waals surface area contributed by atoms with Crippen molar-refractivity contribution in [2.24, 2.45) is 0 Å². The molecule has 0 radical (unpaired) electrons. The number of rotatable bonds is 1. The van der Waals surface area contributed by atoms with Crippen LogP contribution in [0.25, 0.3) is 10.4 Å². The first kappa shape index (κ1) is 10.8. The summed E-state index contributed by atoms with van der Waals surface area (Å²) in [6.45, 7) is 4.42. The summed E-state index contributed by atoms with van der Waals surface area (Å²) >= 11 is 1.98. The minimum Gasteiger partial charge on any atom is -0.311 e. The standard InChI is InChI=1S/C16H17NS/c1-11-3-2-4-12(7-11)14-8-13-15(18-14)9-17-10-16(13)5-6-16/h2-4,7-8,17H,5-6,9-10H2,1H3. The van der Waals surface area contributed by atoms with Crippen LogP contribution in [0.5, 0.6) is 0 Å². The predicted octanol–water partition coefficient (Wildman–Crippen LogP) is 3.86. The highest BCUT2D eigenvalue weighted by atomic mass is 32.1. The Balaban J connectivity index is 1.82. The molecule has 0 unspecified atom stereocenters. The molecule has 0 atom stereocenters. The van der Waals surface area contributed by atoms with E-state index in [0.29, 0.717) is 5.41 Å². The fraction of sp³-hybridized carbons (Fsp3) is 0.375. The summed E-state index contributed by atoms with van der Waals surface area (Å²) in [5, 5.41) is 3.58. The molecule has 0 saturated heterocycles. The van der Waals surface area contributed by atoms with Crippen LogP contribution in [0.1, 0.15) is 28.8 Å². The van der Waals surface area contributed by atoms with Gasteiger partial charge in [-0.3, -0.25) is 0 Å². The van der Waals surface area contributed by atoms with E-state index in [2.05, 4.69) is 42.6 Å². The van der Waals surface area contributed by atoms with Gasteiger partial charge in [-0.15, -0.1) is 11.3 Å². The number of benzene rings is 1. The van der Waals surface area contributed by atoms with Crippen LogP contribution in [0.4, 0.5) is 0 Å². The third-order valence-electron chi connectivity index (χ3n) is 4.29. The summed E-state index contributed by atoms with van der Waals surface area (Å²) in [4.78, 5) is 3.01. The number of nitrogens with one attached hydrogen (secondary N) is 1. The fourth-order valence-electron chi connectivity index (χ4n) is 3.06. The summed E-state index contributed by atoms with van der Waals surface area (Å²) in [6, 6.07) is 11.3. The van der Waals surface area contributed by atoms with Crippen molar-refractivity contribution in [1.82, 2.24) is 5.32 Å². The van der Waals surface area contributed by atoms with Crippen LogP contribution in [0.2, 0.25) is 0 Å². The third kappa shape index (κ3) is 1.56. The van der Waals surface area contributed by atoms with Crippen molar-refractivity contribution in [3.8, 4) is 10.4 Å². The normalized spacial score (nSPS) is 19.8. The van der Waals surface area contributed by atoms with Crippen molar-refractivity contribution >= 4 is 11.3 Å². The highest BCUT2D eigenvalue weighted by molar-refractivity contribution is 7.15. The largest absolute Gasteiger partial charge is 0.311 e. The quantitative estimate of drug-likeness (QED) is 0.816. The molecule has 2 aliphatic rings. The average Bonchev–Trinajstić information content (AvgIpc) is 2.99. The maximum atomic E-state index is 3.58. The van der Waals surface area contributed by atoms with Crippen LogP contribution >= 0.6 is 11.3 Å². The molecule has 92 valence electrons. The van der Waals surface area contributed by atoms with E-state index in [9.17, 15) is 0 Å². The van der Waals surface area contributed by atoms with Gasteiger partial charge in [-0.2, -0.15) is 0 Å². The van der Waals surface area contributed by atoms with E-state index in [1.165, 1.54) is 35.4 Å². The molecule has 1 fully saturated rings. The maximum absolute atomic E-state index is 3.58. The van der Waals surface area contributed by atoms with Crippen LogP contribution in [0.3, 0.4) is 0 Å². The van der Waals surface area contributed by atoms with Crippen LogP contribution in [-0.2, 0) is 12.0 Å². The van der Waals surface area contributed by atoms with Crippen molar-refractivity contribution in [1.29, 1.82) is 0 Å². The van der Waals surface area contributed by atoms with Gasteiger partial charge >= 0.3 is 0 Å². The summed E-state index contributed by atoms with van der Waals surface area (Å²) in [5.41, 5.74) is 4.87. The molecule has 1 nitrogen and oxygen atoms in total. The molecule has 1 spiro atoms. The Labute approximate surface area is 112 Å². The van der Waals surface area contributed by atoms with Crippen molar-refractivity contribution < 1.29 is 0 Å². The smallest absolute Gasteiger partial charge is 0.0349 e. The number of aryl methyl sites for hydroxylation is 1. The molecule has 18 heavy (non-hydrogen) atoms. The Morgan fingerprint density at radius 3 is 2.89 bits per heavy atom. The van der Waals surface area contributed by atoms with Gasteiger partial charge in [-0.25, -0.2) is 0 Å². The molecule has 0 bridgehead atoms. The Hall–Kier alpha value is -1.12. The summed E-state index contributed by atoms with van der Waals surface area (Å²) in [7, 11) is 0. The van der Waals surface area contributed by atoms with Gasteiger partial charge in [0.2, 0.25) is 0 Å². The molecule has 1 N–H and O–H groups in total. The summed E-state index contributed by atoms with van der Waals surface area (Å²) in [6.07, 6.45) is 2.74. The van der Waals surface area contributed by atoms with Crippen LogP contribution in [0, 0.1) is 6.92 Å². The van der Waals surface area contributed by atoms with E-state index in [1.54, 1.807) is 10.4 Å². The van der Waals surface area contributed by atoms with E-state index in [1.807, 2.05) is 11.3 Å². The topological polar surface area (TPSA) is 12.0 Å². The minimum absolute atomic E-state index is 0.506. The van der Waals surface area contributed by atoms with Crippen LogP contribution in [0.15, 0.2) is 30.3 Å². The number of hydrogen-bond donors (Lipinski definition) is 1. The molecule has 1 saturated carbocycles. The van der Waals surface area contributed by atoms with Gasteiger partial charge in [-0.05, 0) is 37.0 Å². The Bertz CT molecular complexity index is 607. The lowest BCUT2D eigenvalue weighted by Crippen LogP contribution is -2.31. The fourth-order valence-corrected chi connectivity index (χ4v) is 4.30. The second kappa shape index (κ2) is 3.69. The molecule has 2 heterocycles.